The van der Waals surface area contributed by atoms with Crippen molar-refractivity contribution in [3.63, 3.8) is 0 Å². The van der Waals surface area contributed by atoms with Crippen LogP contribution in [0.25, 0.3) is 0 Å². The highest BCUT2D eigenvalue weighted by Gasteiger charge is 2.53. The predicted octanol–water partition coefficient (Wildman–Crippen LogP) is 6.03. The van der Waals surface area contributed by atoms with E-state index >= 15 is 0 Å². The maximum atomic E-state index is 14.6. The Balaban J connectivity index is 2.60. The second-order valence-corrected chi connectivity index (χ2v) is 16.5. The van der Waals surface area contributed by atoms with Gasteiger partial charge in [0.2, 0.25) is 0 Å². The number of benzene rings is 1. The Morgan fingerprint density at radius 3 is 2.45 bits per heavy atom. The van der Waals surface area contributed by atoms with Crippen LogP contribution < -0.4 is 5.73 Å². The molecular formula is C22H32F2N2O3SSi. The van der Waals surface area contributed by atoms with Crippen LogP contribution in [0.1, 0.15) is 33.3 Å². The first-order chi connectivity index (χ1) is 14.1. The first-order valence-electron chi connectivity index (χ1n) is 10.1. The van der Waals surface area contributed by atoms with Crippen molar-refractivity contribution in [2.45, 2.75) is 64.7 Å². The van der Waals surface area contributed by atoms with Crippen LogP contribution in [0.2, 0.25) is 25.7 Å². The van der Waals surface area contributed by atoms with Crippen LogP contribution in [0.3, 0.4) is 0 Å². The summed E-state index contributed by atoms with van der Waals surface area (Å²) in [5.74, 6) is -3.51. The second kappa shape index (κ2) is 9.03. The van der Waals surface area contributed by atoms with Gasteiger partial charge in [-0.05, 0) is 30.5 Å². The number of nitrogens with two attached hydrogens (primary N) is 1. The molecule has 1 amide bonds. The van der Waals surface area contributed by atoms with Crippen LogP contribution in [0.4, 0.5) is 13.6 Å². The van der Waals surface area contributed by atoms with Crippen molar-refractivity contribution in [2.75, 3.05) is 6.61 Å². The summed E-state index contributed by atoms with van der Waals surface area (Å²) in [6.07, 6.45) is 0.679. The van der Waals surface area contributed by atoms with Crippen LogP contribution in [-0.2, 0) is 15.0 Å². The summed E-state index contributed by atoms with van der Waals surface area (Å²) in [5.41, 5.74) is 3.55. The van der Waals surface area contributed by atoms with Gasteiger partial charge in [-0.1, -0.05) is 64.3 Å². The number of hydrogen-bond acceptors (Lipinski definition) is 5. The summed E-state index contributed by atoms with van der Waals surface area (Å²) in [6, 6.07) is 4.81. The molecule has 0 aromatic heterocycles. The van der Waals surface area contributed by atoms with Crippen molar-refractivity contribution in [1.29, 1.82) is 0 Å². The largest absolute Gasteiger partial charge is 0.410 e. The smallest absolute Gasteiger partial charge is 0.407 e. The average molecular weight is 471 g/mol. The number of ether oxygens (including phenoxy) is 2. The quantitative estimate of drug-likeness (QED) is 0.390. The lowest BCUT2D eigenvalue weighted by molar-refractivity contribution is -0.202. The van der Waals surface area contributed by atoms with E-state index in [4.69, 9.17) is 20.2 Å². The average Bonchev–Trinajstić information content (AvgIpc) is 2.60. The van der Waals surface area contributed by atoms with E-state index < -0.39 is 42.5 Å². The van der Waals surface area contributed by atoms with E-state index in [0.717, 1.165) is 12.1 Å². The molecule has 2 atom stereocenters. The highest BCUT2D eigenvalue weighted by Crippen LogP contribution is 2.45. The van der Waals surface area contributed by atoms with Gasteiger partial charge < -0.3 is 15.2 Å². The summed E-state index contributed by atoms with van der Waals surface area (Å²) < 4.78 is 40.4. The molecule has 0 aliphatic carbocycles. The molecule has 0 fully saturated rings. The number of carbonyl (C=O) groups excluding carboxylic acids is 1. The Bertz CT molecular complexity index is 896. The Hall–Kier alpha value is -1.71. The summed E-state index contributed by atoms with van der Waals surface area (Å²) >= 11 is 1.21. The Kier molecular flexibility index (Phi) is 7.44. The topological polar surface area (TPSA) is 73.9 Å². The zero-order valence-corrected chi connectivity index (χ0v) is 21.0. The molecular weight excluding hydrogens is 438 g/mol. The molecule has 0 saturated carbocycles. The Labute approximate surface area is 188 Å². The number of halogens is 2. The maximum absolute atomic E-state index is 14.6. The van der Waals surface area contributed by atoms with Crippen LogP contribution in [0, 0.1) is 17.0 Å². The van der Waals surface area contributed by atoms with Gasteiger partial charge in [-0.2, -0.15) is 0 Å². The van der Waals surface area contributed by atoms with Crippen molar-refractivity contribution in [2.24, 2.45) is 16.1 Å². The van der Waals surface area contributed by atoms with Crippen molar-refractivity contribution < 1.29 is 23.0 Å². The fraction of sp³-hybridized carbons (Fsp3) is 0.545. The van der Waals surface area contributed by atoms with Gasteiger partial charge >= 0.3 is 6.09 Å². The lowest BCUT2D eigenvalue weighted by Gasteiger charge is -2.44. The van der Waals surface area contributed by atoms with E-state index in [-0.39, 0.29) is 5.56 Å². The highest BCUT2D eigenvalue weighted by molar-refractivity contribution is 8.16. The first-order valence-corrected chi connectivity index (χ1v) is 14.7. The fourth-order valence-electron chi connectivity index (χ4n) is 3.17. The van der Waals surface area contributed by atoms with Crippen molar-refractivity contribution in [3.8, 4) is 0 Å². The van der Waals surface area contributed by atoms with Crippen molar-refractivity contribution >= 4 is 31.0 Å². The van der Waals surface area contributed by atoms with Gasteiger partial charge in [-0.15, -0.1) is 0 Å². The monoisotopic (exact) mass is 470 g/mol. The van der Waals surface area contributed by atoms with E-state index in [9.17, 15) is 13.6 Å². The first kappa shape index (κ1) is 25.5. The molecule has 0 saturated heterocycles. The lowest BCUT2D eigenvalue weighted by atomic mass is 9.84. The van der Waals surface area contributed by atoms with Crippen LogP contribution >= 0.6 is 11.8 Å². The highest BCUT2D eigenvalue weighted by atomic mass is 32.2. The van der Waals surface area contributed by atoms with E-state index in [1.807, 2.05) is 20.8 Å². The summed E-state index contributed by atoms with van der Waals surface area (Å²) in [6.45, 7) is 14.2. The minimum atomic E-state index is -1.58. The van der Waals surface area contributed by atoms with Gasteiger partial charge in [-0.25, -0.2) is 13.6 Å². The summed E-state index contributed by atoms with van der Waals surface area (Å²) in [5, 5.41) is 2.04. The molecule has 2 rings (SSSR count). The van der Waals surface area contributed by atoms with Gasteiger partial charge in [0.05, 0.1) is 0 Å². The van der Waals surface area contributed by atoms with E-state index in [1.165, 1.54) is 23.9 Å². The van der Waals surface area contributed by atoms with Crippen LogP contribution in [0.15, 0.2) is 34.7 Å². The summed E-state index contributed by atoms with van der Waals surface area (Å²) in [4.78, 5) is 16.7. The van der Waals surface area contributed by atoms with Gasteiger partial charge in [0.15, 0.2) is 11.6 Å². The Morgan fingerprint density at radius 2 is 1.90 bits per heavy atom. The number of thioether (sulfide) groups is 1. The molecule has 5 nitrogen and oxygen atoms in total. The number of amides is 1. The van der Waals surface area contributed by atoms with Gasteiger partial charge in [-0.3, -0.25) is 4.99 Å². The standard InChI is InChI=1S/C22H32F2N2O3SSi/c1-20(2,3)22(29-19(25)27,28-12-14-31(5,6)7)18-26-21(4,11-13-30-18)15-9-8-10-16(23)17(15)24/h8-11,13H,12,14H2,1-7H3,(H2,25,27). The molecule has 0 radical (unpaired) electrons. The molecule has 0 spiro atoms. The molecule has 0 bridgehead atoms. The molecule has 2 unspecified atom stereocenters. The number of nitrogens with zero attached hydrogens (tertiary/aromatic N) is 1. The van der Waals surface area contributed by atoms with E-state index in [2.05, 4.69) is 19.6 Å². The lowest BCUT2D eigenvalue weighted by Crippen LogP contribution is -2.56. The zero-order valence-electron chi connectivity index (χ0n) is 19.2. The van der Waals surface area contributed by atoms with Gasteiger partial charge in [0, 0.05) is 25.7 Å². The maximum Gasteiger partial charge on any atom is 0.407 e. The molecule has 1 aromatic rings. The number of primary amides is 1. The molecule has 2 N–H and O–H groups in total. The van der Waals surface area contributed by atoms with Gasteiger partial charge in [0.1, 0.15) is 10.6 Å². The Morgan fingerprint density at radius 1 is 1.26 bits per heavy atom. The molecule has 9 heteroatoms. The predicted molar refractivity (Wildman–Crippen MR) is 125 cm³/mol. The fourth-order valence-corrected chi connectivity index (χ4v) is 5.15. The number of carbonyl (C=O) groups is 1. The van der Waals surface area contributed by atoms with Crippen LogP contribution in [-0.4, -0.2) is 31.6 Å². The SMILES string of the molecule is CC1(c2cccc(F)c2F)C=CSC(C(OCC[Si](C)(C)C)(OC(N)=O)C(C)(C)C)=N1. The van der Waals surface area contributed by atoms with Crippen molar-refractivity contribution in [1.82, 2.24) is 0 Å². The molecule has 172 valence electrons. The number of hydrogen-bond donors (Lipinski definition) is 1. The van der Waals surface area contributed by atoms with E-state index in [1.54, 1.807) is 18.4 Å². The van der Waals surface area contributed by atoms with Crippen LogP contribution in [0.5, 0.6) is 0 Å². The number of aliphatic imine (C=N–C) groups is 1. The molecule has 1 heterocycles. The third-order valence-corrected chi connectivity index (χ3v) is 7.63. The van der Waals surface area contributed by atoms with Crippen molar-refractivity contribution in [3.05, 3.63) is 46.9 Å². The number of rotatable bonds is 7. The van der Waals surface area contributed by atoms with E-state index in [0.29, 0.717) is 11.7 Å². The third-order valence-electron chi connectivity index (χ3n) is 5.07. The van der Waals surface area contributed by atoms with Gasteiger partial charge in [0.25, 0.3) is 5.79 Å². The normalized spacial score (nSPS) is 21.4. The molecule has 31 heavy (non-hydrogen) atoms. The second-order valence-electron chi connectivity index (χ2n) is 10.0. The zero-order chi connectivity index (χ0) is 23.7. The molecule has 1 aliphatic heterocycles. The molecule has 1 aliphatic rings. The minimum Gasteiger partial charge on any atom is -0.410 e. The summed E-state index contributed by atoms with van der Waals surface area (Å²) in [7, 11) is -1.45. The third kappa shape index (κ3) is 5.75. The minimum absolute atomic E-state index is 0.0746. The molecule has 1 aromatic carbocycles.